The summed E-state index contributed by atoms with van der Waals surface area (Å²) in [5, 5.41) is 30.0. The van der Waals surface area contributed by atoms with E-state index >= 15 is 0 Å². The van der Waals surface area contributed by atoms with E-state index in [9.17, 15) is 15.2 Å². The van der Waals surface area contributed by atoms with Crippen molar-refractivity contribution in [3.8, 4) is 5.75 Å². The average Bonchev–Trinajstić information content (AvgIpc) is 2.26. The van der Waals surface area contributed by atoms with Gasteiger partial charge in [0.15, 0.2) is 0 Å². The summed E-state index contributed by atoms with van der Waals surface area (Å²) in [7, 11) is -1.19. The Hall–Kier alpha value is -1.04. The molecular formula is C14H23BO4. The maximum absolute atomic E-state index is 10.2. The minimum Gasteiger partial charge on any atom is -0.508 e. The van der Waals surface area contributed by atoms with Crippen LogP contribution in [0.2, 0.25) is 0 Å². The van der Waals surface area contributed by atoms with Crippen LogP contribution < -0.4 is 5.46 Å². The third-order valence-electron chi connectivity index (χ3n) is 3.69. The van der Waals surface area contributed by atoms with Gasteiger partial charge in [0.1, 0.15) is 5.75 Å². The monoisotopic (exact) mass is 266 g/mol. The molecule has 0 heterocycles. The van der Waals surface area contributed by atoms with Gasteiger partial charge in [0.05, 0.1) is 11.2 Å². The van der Waals surface area contributed by atoms with Crippen LogP contribution in [-0.4, -0.2) is 33.6 Å². The van der Waals surface area contributed by atoms with Gasteiger partial charge in [0.25, 0.3) is 0 Å². The molecule has 1 aromatic carbocycles. The molecule has 3 N–H and O–H groups in total. The van der Waals surface area contributed by atoms with Gasteiger partial charge in [-0.2, -0.15) is 0 Å². The van der Waals surface area contributed by atoms with Crippen LogP contribution in [0.3, 0.4) is 0 Å². The van der Waals surface area contributed by atoms with Crippen molar-refractivity contribution in [2.24, 2.45) is 0 Å². The van der Waals surface area contributed by atoms with Crippen LogP contribution in [-0.2, 0) is 11.1 Å². The summed E-state index contributed by atoms with van der Waals surface area (Å²) in [5.74, 6) is 0.142. The fourth-order valence-electron chi connectivity index (χ4n) is 1.70. The van der Waals surface area contributed by atoms with Crippen molar-refractivity contribution in [1.29, 1.82) is 0 Å². The molecule has 0 aliphatic carbocycles. The molecule has 19 heavy (non-hydrogen) atoms. The first kappa shape index (κ1) is 16.0. The smallest absolute Gasteiger partial charge is 0.492 e. The third kappa shape index (κ3) is 3.50. The number of aromatic hydroxyl groups is 1. The number of hydrogen-bond acceptors (Lipinski definition) is 4. The van der Waals surface area contributed by atoms with Crippen LogP contribution >= 0.6 is 0 Å². The molecule has 0 saturated carbocycles. The first-order valence-electron chi connectivity index (χ1n) is 6.49. The molecule has 1 rings (SSSR count). The van der Waals surface area contributed by atoms with E-state index in [2.05, 4.69) is 0 Å². The third-order valence-corrected chi connectivity index (χ3v) is 3.69. The molecule has 0 unspecified atom stereocenters. The molecule has 1 aromatic rings. The minimum absolute atomic E-state index is 0.142. The molecule has 4 nitrogen and oxygen atoms in total. The average molecular weight is 266 g/mol. The van der Waals surface area contributed by atoms with Crippen LogP contribution in [0.15, 0.2) is 18.2 Å². The summed E-state index contributed by atoms with van der Waals surface area (Å²) in [6, 6.07) is 4.95. The van der Waals surface area contributed by atoms with Gasteiger partial charge in [0, 0.05) is 0 Å². The van der Waals surface area contributed by atoms with E-state index in [-0.39, 0.29) is 5.75 Å². The summed E-state index contributed by atoms with van der Waals surface area (Å²) < 4.78 is 5.58. The maximum Gasteiger partial charge on any atom is 0.492 e. The van der Waals surface area contributed by atoms with Gasteiger partial charge < -0.3 is 19.9 Å². The van der Waals surface area contributed by atoms with Crippen LogP contribution in [0.25, 0.3) is 0 Å². The topological polar surface area (TPSA) is 69.9 Å². The number of hydrogen-bond donors (Lipinski definition) is 3. The maximum atomic E-state index is 10.2. The first-order chi connectivity index (χ1) is 8.60. The summed E-state index contributed by atoms with van der Waals surface area (Å²) >= 11 is 0. The second-order valence-corrected chi connectivity index (χ2v) is 5.74. The Kier molecular flexibility index (Phi) is 4.66. The van der Waals surface area contributed by atoms with Gasteiger partial charge in [-0.15, -0.1) is 0 Å². The molecule has 0 aromatic heterocycles. The lowest BCUT2D eigenvalue weighted by Gasteiger charge is -2.38. The van der Waals surface area contributed by atoms with E-state index in [1.807, 2.05) is 6.92 Å². The predicted molar refractivity (Wildman–Crippen MR) is 76.6 cm³/mol. The molecule has 0 amide bonds. The summed E-state index contributed by atoms with van der Waals surface area (Å²) in [6.07, 6.45) is 0.589. The standard InChI is InChI=1S/C14H23BO4/c1-6-10-11(8-7-9-12(10)16)15(18)19-14(4,5)13(2,3)17/h7-9,16-18H,6H2,1-5H3. The molecule has 5 heteroatoms. The highest BCUT2D eigenvalue weighted by atomic mass is 16.5. The minimum atomic E-state index is -1.19. The van der Waals surface area contributed by atoms with Crippen molar-refractivity contribution in [1.82, 2.24) is 0 Å². The molecule has 0 aliphatic heterocycles. The SMILES string of the molecule is CCc1c(O)cccc1B(O)OC(C)(C)C(C)(C)O. The quantitative estimate of drug-likeness (QED) is 0.700. The van der Waals surface area contributed by atoms with Crippen LogP contribution in [0.4, 0.5) is 0 Å². The van der Waals surface area contributed by atoms with E-state index in [4.69, 9.17) is 4.65 Å². The Morgan fingerprint density at radius 2 is 1.79 bits per heavy atom. The molecule has 0 aliphatic rings. The molecule has 0 saturated heterocycles. The van der Waals surface area contributed by atoms with E-state index in [1.54, 1.807) is 45.9 Å². The Balaban J connectivity index is 3.03. The van der Waals surface area contributed by atoms with Gasteiger partial charge >= 0.3 is 7.12 Å². The highest BCUT2D eigenvalue weighted by Gasteiger charge is 2.40. The summed E-state index contributed by atoms with van der Waals surface area (Å²) in [5.41, 5.74) is -0.846. The van der Waals surface area contributed by atoms with Gasteiger partial charge in [-0.05, 0) is 51.2 Å². The van der Waals surface area contributed by atoms with Crippen molar-refractivity contribution in [2.75, 3.05) is 0 Å². The number of rotatable bonds is 5. The Morgan fingerprint density at radius 3 is 2.26 bits per heavy atom. The van der Waals surface area contributed by atoms with Crippen molar-refractivity contribution in [2.45, 2.75) is 52.2 Å². The lowest BCUT2D eigenvalue weighted by molar-refractivity contribution is -0.0982. The largest absolute Gasteiger partial charge is 0.508 e. The van der Waals surface area contributed by atoms with E-state index < -0.39 is 18.3 Å². The van der Waals surface area contributed by atoms with E-state index in [1.165, 1.54) is 0 Å². The van der Waals surface area contributed by atoms with Crippen molar-refractivity contribution in [3.63, 3.8) is 0 Å². The zero-order valence-corrected chi connectivity index (χ0v) is 12.3. The number of phenols is 1. The van der Waals surface area contributed by atoms with Crippen LogP contribution in [0.1, 0.15) is 40.2 Å². The Labute approximate surface area is 115 Å². The molecule has 0 atom stereocenters. The van der Waals surface area contributed by atoms with Crippen LogP contribution in [0.5, 0.6) is 5.75 Å². The molecule has 0 fully saturated rings. The number of benzene rings is 1. The highest BCUT2D eigenvalue weighted by molar-refractivity contribution is 6.60. The molecule has 0 radical (unpaired) electrons. The molecule has 0 bridgehead atoms. The summed E-state index contributed by atoms with van der Waals surface area (Å²) in [6.45, 7) is 8.58. The van der Waals surface area contributed by atoms with Gasteiger partial charge in [-0.1, -0.05) is 19.1 Å². The lowest BCUT2D eigenvalue weighted by Crippen LogP contribution is -2.53. The van der Waals surface area contributed by atoms with Crippen molar-refractivity contribution in [3.05, 3.63) is 23.8 Å². The Morgan fingerprint density at radius 1 is 1.21 bits per heavy atom. The van der Waals surface area contributed by atoms with Gasteiger partial charge in [-0.3, -0.25) is 0 Å². The summed E-state index contributed by atoms with van der Waals surface area (Å²) in [4.78, 5) is 0. The van der Waals surface area contributed by atoms with Crippen LogP contribution in [0, 0.1) is 0 Å². The van der Waals surface area contributed by atoms with E-state index in [0.29, 0.717) is 17.4 Å². The van der Waals surface area contributed by atoms with Gasteiger partial charge in [-0.25, -0.2) is 0 Å². The molecule has 0 spiro atoms. The zero-order chi connectivity index (χ0) is 14.8. The second kappa shape index (κ2) is 5.53. The number of aliphatic hydroxyl groups is 1. The number of phenolic OH excluding ortho intramolecular Hbond substituents is 1. The highest BCUT2D eigenvalue weighted by Crippen LogP contribution is 2.26. The fourth-order valence-corrected chi connectivity index (χ4v) is 1.70. The predicted octanol–water partition coefficient (Wildman–Crippen LogP) is 1.21. The van der Waals surface area contributed by atoms with Crippen molar-refractivity contribution < 1.29 is 19.9 Å². The van der Waals surface area contributed by atoms with E-state index in [0.717, 1.165) is 0 Å². The second-order valence-electron chi connectivity index (χ2n) is 5.74. The molecular weight excluding hydrogens is 243 g/mol. The fraction of sp³-hybridized carbons (Fsp3) is 0.571. The Bertz CT molecular complexity index is 438. The van der Waals surface area contributed by atoms with Gasteiger partial charge in [0.2, 0.25) is 0 Å². The van der Waals surface area contributed by atoms with Crippen molar-refractivity contribution >= 4 is 12.6 Å². The lowest BCUT2D eigenvalue weighted by atomic mass is 9.73. The zero-order valence-electron chi connectivity index (χ0n) is 12.3. The normalized spacial score (nSPS) is 12.6. The molecule has 106 valence electrons. The first-order valence-corrected chi connectivity index (χ1v) is 6.49.